The second kappa shape index (κ2) is 8.16. The number of anilines is 1. The lowest BCUT2D eigenvalue weighted by molar-refractivity contribution is -0.173. The van der Waals surface area contributed by atoms with Crippen LogP contribution in [0.15, 0.2) is 30.6 Å². The van der Waals surface area contributed by atoms with Gasteiger partial charge in [0.05, 0.1) is 11.9 Å². The van der Waals surface area contributed by atoms with Crippen molar-refractivity contribution >= 4 is 11.7 Å². The van der Waals surface area contributed by atoms with Crippen molar-refractivity contribution in [1.29, 1.82) is 0 Å². The molecule has 1 N–H and O–H groups in total. The van der Waals surface area contributed by atoms with E-state index in [0.717, 1.165) is 17.5 Å². The predicted molar refractivity (Wildman–Crippen MR) is 103 cm³/mol. The minimum atomic E-state index is -4.35. The van der Waals surface area contributed by atoms with Gasteiger partial charge in [-0.1, -0.05) is 0 Å². The lowest BCUT2D eigenvalue weighted by Gasteiger charge is -2.32. The Morgan fingerprint density at radius 2 is 2.23 bits per heavy atom. The van der Waals surface area contributed by atoms with Crippen LogP contribution < -0.4 is 10.1 Å². The largest absolute Gasteiger partial charge is 0.482 e. The Bertz CT molecular complexity index is 886. The lowest BCUT2D eigenvalue weighted by atomic mass is 9.95. The molecule has 0 radical (unpaired) electrons. The molecule has 0 spiro atoms. The van der Waals surface area contributed by atoms with Gasteiger partial charge in [0, 0.05) is 37.3 Å². The number of piperidine rings is 1. The highest BCUT2D eigenvalue weighted by Crippen LogP contribution is 2.40. The molecular formula is C20H24F3N5O2. The van der Waals surface area contributed by atoms with Crippen LogP contribution in [0.3, 0.4) is 0 Å². The maximum Gasteiger partial charge on any atom is 0.410 e. The van der Waals surface area contributed by atoms with Crippen molar-refractivity contribution in [3.05, 3.63) is 36.3 Å². The summed E-state index contributed by atoms with van der Waals surface area (Å²) in [5, 5.41) is 7.39. The van der Waals surface area contributed by atoms with Crippen LogP contribution in [0, 0.1) is 0 Å². The van der Waals surface area contributed by atoms with E-state index in [1.807, 2.05) is 0 Å². The Balaban J connectivity index is 1.44. The van der Waals surface area contributed by atoms with Crippen molar-refractivity contribution in [2.45, 2.75) is 50.4 Å². The van der Waals surface area contributed by atoms with E-state index in [-0.39, 0.29) is 30.9 Å². The third-order valence-electron chi connectivity index (χ3n) is 5.59. The number of aromatic nitrogens is 3. The van der Waals surface area contributed by atoms with Crippen molar-refractivity contribution in [2.75, 3.05) is 25.0 Å². The molecule has 1 fully saturated rings. The first kappa shape index (κ1) is 20.5. The lowest BCUT2D eigenvalue weighted by Crippen LogP contribution is -2.41. The van der Waals surface area contributed by atoms with Crippen molar-refractivity contribution in [1.82, 2.24) is 19.7 Å². The van der Waals surface area contributed by atoms with Crippen molar-refractivity contribution < 1.29 is 22.7 Å². The first-order valence-corrected chi connectivity index (χ1v) is 10.0. The van der Waals surface area contributed by atoms with Gasteiger partial charge in [0.25, 0.3) is 5.91 Å². The molecule has 2 aliphatic heterocycles. The van der Waals surface area contributed by atoms with Crippen LogP contribution in [0.5, 0.6) is 5.75 Å². The van der Waals surface area contributed by atoms with Gasteiger partial charge in [-0.25, -0.2) is 4.68 Å². The molecular weight excluding hydrogens is 399 g/mol. The van der Waals surface area contributed by atoms with Crippen LogP contribution >= 0.6 is 0 Å². The summed E-state index contributed by atoms with van der Waals surface area (Å²) >= 11 is 0. The average molecular weight is 423 g/mol. The van der Waals surface area contributed by atoms with Crippen molar-refractivity contribution in [3.63, 3.8) is 0 Å². The zero-order valence-electron chi connectivity index (χ0n) is 16.6. The number of hydrogen-bond acceptors (Lipinski definition) is 5. The van der Waals surface area contributed by atoms with Gasteiger partial charge in [-0.2, -0.15) is 18.3 Å². The van der Waals surface area contributed by atoms with Crippen LogP contribution in [-0.2, 0) is 4.79 Å². The summed E-state index contributed by atoms with van der Waals surface area (Å²) in [6.45, 7) is 2.64. The monoisotopic (exact) mass is 423 g/mol. The smallest absolute Gasteiger partial charge is 0.410 e. The van der Waals surface area contributed by atoms with Gasteiger partial charge in [-0.15, -0.1) is 0 Å². The number of likely N-dealkylation sites (tertiary alicyclic amines) is 1. The van der Waals surface area contributed by atoms with Crippen molar-refractivity contribution in [2.24, 2.45) is 0 Å². The molecule has 0 aromatic carbocycles. The number of rotatable bonds is 4. The number of pyridine rings is 1. The second-order valence-corrected chi connectivity index (χ2v) is 7.89. The third kappa shape index (κ3) is 4.36. The number of halogens is 3. The van der Waals surface area contributed by atoms with E-state index in [0.29, 0.717) is 30.4 Å². The Labute approximate surface area is 172 Å². The highest BCUT2D eigenvalue weighted by atomic mass is 19.4. The van der Waals surface area contributed by atoms with Gasteiger partial charge in [-0.3, -0.25) is 9.78 Å². The van der Waals surface area contributed by atoms with Crippen LogP contribution in [0.25, 0.3) is 0 Å². The molecule has 0 bridgehead atoms. The normalized spacial score (nSPS) is 24.1. The molecule has 4 rings (SSSR count). The van der Waals surface area contributed by atoms with E-state index in [1.165, 1.54) is 6.20 Å². The molecule has 0 saturated carbocycles. The Morgan fingerprint density at radius 1 is 1.40 bits per heavy atom. The quantitative estimate of drug-likeness (QED) is 0.817. The zero-order chi connectivity index (χ0) is 21.3. The highest BCUT2D eigenvalue weighted by Gasteiger charge is 2.45. The fourth-order valence-corrected chi connectivity index (χ4v) is 4.09. The molecule has 2 aliphatic rings. The molecule has 1 amide bonds. The Morgan fingerprint density at radius 3 is 2.97 bits per heavy atom. The SMILES string of the molecule is C[C@@H]1C[C@H](C(F)(F)F)n2nc([C@H]3CCCN(C(=O)COc4cccnc4)C3)cc2N1. The average Bonchev–Trinajstić information content (AvgIpc) is 3.15. The molecule has 0 aliphatic carbocycles. The fourth-order valence-electron chi connectivity index (χ4n) is 4.09. The number of nitrogens with zero attached hydrogens (tertiary/aromatic N) is 4. The standard InChI is InChI=1S/C20H24F3N5O2/c1-13-8-17(20(21,22)23)28-18(25-13)9-16(26-28)14-4-3-7-27(11-14)19(29)12-30-15-5-2-6-24-10-15/h2,5-6,9-10,13-14,17,25H,3-4,7-8,11-12H2,1H3/t13-,14+,17-/m1/s1. The molecule has 2 aromatic rings. The third-order valence-corrected chi connectivity index (χ3v) is 5.59. The van der Waals surface area contributed by atoms with Gasteiger partial charge in [0.15, 0.2) is 12.6 Å². The minimum Gasteiger partial charge on any atom is -0.482 e. The van der Waals surface area contributed by atoms with E-state index in [9.17, 15) is 18.0 Å². The molecule has 3 atom stereocenters. The van der Waals surface area contributed by atoms with E-state index in [1.54, 1.807) is 36.2 Å². The summed E-state index contributed by atoms with van der Waals surface area (Å²) in [4.78, 5) is 18.2. The van der Waals surface area contributed by atoms with Crippen LogP contribution in [0.1, 0.15) is 43.8 Å². The summed E-state index contributed by atoms with van der Waals surface area (Å²) < 4.78 is 47.0. The highest BCUT2D eigenvalue weighted by molar-refractivity contribution is 5.78. The van der Waals surface area contributed by atoms with Crippen LogP contribution in [-0.4, -0.2) is 57.5 Å². The molecule has 4 heterocycles. The van der Waals surface area contributed by atoms with Gasteiger partial charge in [0.1, 0.15) is 11.6 Å². The summed E-state index contributed by atoms with van der Waals surface area (Å²) in [6, 6.07) is 3.22. The van der Waals surface area contributed by atoms with E-state index < -0.39 is 12.2 Å². The number of fused-ring (bicyclic) bond motifs is 1. The summed E-state index contributed by atoms with van der Waals surface area (Å²) in [5.74, 6) is 0.631. The summed E-state index contributed by atoms with van der Waals surface area (Å²) in [6.07, 6.45) is 0.277. The van der Waals surface area contributed by atoms with E-state index in [2.05, 4.69) is 15.4 Å². The Kier molecular flexibility index (Phi) is 5.57. The van der Waals surface area contributed by atoms with Gasteiger partial charge >= 0.3 is 6.18 Å². The zero-order valence-corrected chi connectivity index (χ0v) is 16.6. The number of amides is 1. The maximum absolute atomic E-state index is 13.5. The minimum absolute atomic E-state index is 0.0570. The summed E-state index contributed by atoms with van der Waals surface area (Å²) in [7, 11) is 0. The molecule has 0 unspecified atom stereocenters. The van der Waals surface area contributed by atoms with E-state index in [4.69, 9.17) is 4.74 Å². The number of carbonyl (C=O) groups excluding carboxylic acids is 1. The molecule has 10 heteroatoms. The summed E-state index contributed by atoms with van der Waals surface area (Å²) in [5.41, 5.74) is 0.589. The number of ether oxygens (including phenoxy) is 1. The molecule has 1 saturated heterocycles. The number of hydrogen-bond donors (Lipinski definition) is 1. The first-order chi connectivity index (χ1) is 14.3. The first-order valence-electron chi connectivity index (χ1n) is 10.0. The molecule has 162 valence electrons. The number of nitrogens with one attached hydrogen (secondary N) is 1. The molecule has 2 aromatic heterocycles. The van der Waals surface area contributed by atoms with Crippen molar-refractivity contribution in [3.8, 4) is 5.75 Å². The van der Waals surface area contributed by atoms with Crippen LogP contribution in [0.4, 0.5) is 19.0 Å². The number of alkyl halides is 3. The van der Waals surface area contributed by atoms with Crippen LogP contribution in [0.2, 0.25) is 0 Å². The number of carbonyl (C=O) groups is 1. The predicted octanol–water partition coefficient (Wildman–Crippen LogP) is 3.37. The Hall–Kier alpha value is -2.78. The topological polar surface area (TPSA) is 72.3 Å². The second-order valence-electron chi connectivity index (χ2n) is 7.89. The fraction of sp³-hybridized carbons (Fsp3) is 0.550. The van der Waals surface area contributed by atoms with Gasteiger partial charge < -0.3 is 15.0 Å². The molecule has 7 nitrogen and oxygen atoms in total. The maximum atomic E-state index is 13.5. The molecule has 30 heavy (non-hydrogen) atoms. The van der Waals surface area contributed by atoms with Gasteiger partial charge in [0.2, 0.25) is 0 Å². The van der Waals surface area contributed by atoms with Gasteiger partial charge in [-0.05, 0) is 38.3 Å². The van der Waals surface area contributed by atoms with E-state index >= 15 is 0 Å².